The highest BCUT2D eigenvalue weighted by Gasteiger charge is 2.29. The second kappa shape index (κ2) is 4.28. The van der Waals surface area contributed by atoms with Crippen molar-refractivity contribution in [2.45, 2.75) is 51.5 Å². The van der Waals surface area contributed by atoms with Gasteiger partial charge in [-0.2, -0.15) is 9.61 Å². The maximum Gasteiger partial charge on any atom is 0.234 e. The summed E-state index contributed by atoms with van der Waals surface area (Å²) in [6, 6.07) is 0. The monoisotopic (exact) mass is 265 g/mol. The maximum atomic E-state index is 4.71. The van der Waals surface area contributed by atoms with Gasteiger partial charge in [-0.25, -0.2) is 0 Å². The molecule has 1 aliphatic carbocycles. The minimum atomic E-state index is -0.100. The maximum absolute atomic E-state index is 4.71. The Hall–Kier alpha value is -1.01. The van der Waals surface area contributed by atoms with E-state index in [4.69, 9.17) is 5.10 Å². The van der Waals surface area contributed by atoms with Crippen LogP contribution in [0.15, 0.2) is 0 Å². The van der Waals surface area contributed by atoms with Crippen molar-refractivity contribution in [1.82, 2.24) is 25.1 Å². The zero-order valence-corrected chi connectivity index (χ0v) is 11.9. The van der Waals surface area contributed by atoms with Crippen LogP contribution < -0.4 is 5.32 Å². The van der Waals surface area contributed by atoms with E-state index in [1.807, 2.05) is 4.52 Å². The second-order valence-electron chi connectivity index (χ2n) is 5.44. The van der Waals surface area contributed by atoms with Crippen molar-refractivity contribution in [1.29, 1.82) is 0 Å². The van der Waals surface area contributed by atoms with Crippen molar-refractivity contribution >= 4 is 16.3 Å². The van der Waals surface area contributed by atoms with E-state index < -0.39 is 0 Å². The number of nitrogens with one attached hydrogen (secondary N) is 1. The van der Waals surface area contributed by atoms with Gasteiger partial charge in [0.25, 0.3) is 0 Å². The van der Waals surface area contributed by atoms with Crippen LogP contribution >= 0.6 is 11.3 Å². The molecule has 1 saturated carbocycles. The minimum absolute atomic E-state index is 0.100. The lowest BCUT2D eigenvalue weighted by molar-refractivity contribution is 0.387. The molecule has 0 spiro atoms. The summed E-state index contributed by atoms with van der Waals surface area (Å²) in [5, 5.41) is 17.8. The predicted molar refractivity (Wildman–Crippen MR) is 72.0 cm³/mol. The summed E-state index contributed by atoms with van der Waals surface area (Å²) < 4.78 is 1.95. The van der Waals surface area contributed by atoms with E-state index in [1.54, 1.807) is 11.3 Å². The van der Waals surface area contributed by atoms with Crippen LogP contribution in [0.5, 0.6) is 0 Å². The van der Waals surface area contributed by atoms with Gasteiger partial charge >= 0.3 is 0 Å². The van der Waals surface area contributed by atoms with Gasteiger partial charge in [0.15, 0.2) is 5.82 Å². The lowest BCUT2D eigenvalue weighted by atomic mass is 9.85. The van der Waals surface area contributed by atoms with Crippen LogP contribution in [0.1, 0.15) is 56.8 Å². The van der Waals surface area contributed by atoms with Gasteiger partial charge in [-0.3, -0.25) is 0 Å². The van der Waals surface area contributed by atoms with Crippen LogP contribution in [0, 0.1) is 0 Å². The Balaban J connectivity index is 1.98. The largest absolute Gasteiger partial charge is 0.306 e. The van der Waals surface area contributed by atoms with Gasteiger partial charge in [-0.1, -0.05) is 24.7 Å². The molecule has 1 aliphatic rings. The Bertz CT molecular complexity index is 552. The number of fused-ring (bicyclic) bond motifs is 1. The number of hydrogen-bond donors (Lipinski definition) is 1. The SMILES string of the molecule is CCNC(C)(C)c1nn2c(C3CCC3)nnc2s1. The summed E-state index contributed by atoms with van der Waals surface area (Å²) in [6.07, 6.45) is 3.76. The molecule has 0 radical (unpaired) electrons. The molecule has 0 bridgehead atoms. The molecule has 0 unspecified atom stereocenters. The molecule has 2 aromatic heterocycles. The molecule has 3 rings (SSSR count). The molecular formula is C12H19N5S. The first-order valence-corrected chi connectivity index (χ1v) is 7.41. The van der Waals surface area contributed by atoms with Crippen molar-refractivity contribution in [2.75, 3.05) is 6.54 Å². The first kappa shape index (κ1) is 12.0. The van der Waals surface area contributed by atoms with E-state index in [-0.39, 0.29) is 5.54 Å². The Kier molecular flexibility index (Phi) is 2.86. The lowest BCUT2D eigenvalue weighted by Crippen LogP contribution is -2.36. The smallest absolute Gasteiger partial charge is 0.234 e. The third-order valence-corrected chi connectivity index (χ3v) is 4.86. The van der Waals surface area contributed by atoms with Crippen molar-refractivity contribution < 1.29 is 0 Å². The van der Waals surface area contributed by atoms with Gasteiger partial charge < -0.3 is 5.32 Å². The zero-order valence-electron chi connectivity index (χ0n) is 11.1. The molecule has 0 atom stereocenters. The molecule has 0 aromatic carbocycles. The van der Waals surface area contributed by atoms with Gasteiger partial charge in [0.1, 0.15) is 5.01 Å². The topological polar surface area (TPSA) is 55.1 Å². The molecule has 5 nitrogen and oxygen atoms in total. The van der Waals surface area contributed by atoms with Crippen molar-refractivity contribution in [2.24, 2.45) is 0 Å². The van der Waals surface area contributed by atoms with E-state index >= 15 is 0 Å². The van der Waals surface area contributed by atoms with Gasteiger partial charge in [-0.05, 0) is 33.2 Å². The van der Waals surface area contributed by atoms with Crippen LogP contribution in [0.4, 0.5) is 0 Å². The third-order valence-electron chi connectivity index (χ3n) is 3.64. The Morgan fingerprint density at radius 2 is 2.17 bits per heavy atom. The zero-order chi connectivity index (χ0) is 12.8. The molecule has 1 fully saturated rings. The van der Waals surface area contributed by atoms with Crippen LogP contribution in [0.2, 0.25) is 0 Å². The molecule has 2 aromatic rings. The van der Waals surface area contributed by atoms with E-state index in [0.29, 0.717) is 5.92 Å². The Morgan fingerprint density at radius 1 is 1.39 bits per heavy atom. The fourth-order valence-electron chi connectivity index (χ4n) is 2.32. The minimum Gasteiger partial charge on any atom is -0.306 e. The molecule has 0 amide bonds. The summed E-state index contributed by atoms with van der Waals surface area (Å²) in [5.74, 6) is 1.61. The van der Waals surface area contributed by atoms with Crippen LogP contribution in [0.3, 0.4) is 0 Å². The molecule has 1 N–H and O–H groups in total. The molecular weight excluding hydrogens is 246 g/mol. The lowest BCUT2D eigenvalue weighted by Gasteiger charge is -2.23. The summed E-state index contributed by atoms with van der Waals surface area (Å²) in [6.45, 7) is 7.36. The summed E-state index contributed by atoms with van der Waals surface area (Å²) in [5.41, 5.74) is -0.100. The average Bonchev–Trinajstić information content (AvgIpc) is 2.77. The molecule has 18 heavy (non-hydrogen) atoms. The number of aromatic nitrogens is 4. The first-order valence-electron chi connectivity index (χ1n) is 6.59. The fourth-order valence-corrected chi connectivity index (χ4v) is 3.25. The van der Waals surface area contributed by atoms with Gasteiger partial charge in [-0.15, -0.1) is 10.2 Å². The number of nitrogens with zero attached hydrogens (tertiary/aromatic N) is 4. The van der Waals surface area contributed by atoms with Crippen LogP contribution in [-0.4, -0.2) is 26.4 Å². The van der Waals surface area contributed by atoms with Crippen LogP contribution in [-0.2, 0) is 5.54 Å². The molecule has 2 heterocycles. The van der Waals surface area contributed by atoms with Crippen molar-refractivity contribution in [3.05, 3.63) is 10.8 Å². The van der Waals surface area contributed by atoms with Gasteiger partial charge in [0.2, 0.25) is 4.96 Å². The molecule has 0 saturated heterocycles. The van der Waals surface area contributed by atoms with E-state index in [9.17, 15) is 0 Å². The fraction of sp³-hybridized carbons (Fsp3) is 0.750. The summed E-state index contributed by atoms with van der Waals surface area (Å²) >= 11 is 1.63. The predicted octanol–water partition coefficient (Wildman–Crippen LogP) is 2.30. The molecule has 98 valence electrons. The Labute approximate surface area is 111 Å². The number of hydrogen-bond acceptors (Lipinski definition) is 5. The highest BCUT2D eigenvalue weighted by atomic mass is 32.1. The Morgan fingerprint density at radius 3 is 2.78 bits per heavy atom. The van der Waals surface area contributed by atoms with Gasteiger partial charge in [0.05, 0.1) is 5.54 Å². The highest BCUT2D eigenvalue weighted by Crippen LogP contribution is 2.36. The highest BCUT2D eigenvalue weighted by molar-refractivity contribution is 7.16. The molecule has 0 aliphatic heterocycles. The second-order valence-corrected chi connectivity index (χ2v) is 6.40. The average molecular weight is 265 g/mol. The summed E-state index contributed by atoms with van der Waals surface area (Å²) in [4.78, 5) is 0.915. The summed E-state index contributed by atoms with van der Waals surface area (Å²) in [7, 11) is 0. The first-order chi connectivity index (χ1) is 8.62. The van der Waals surface area contributed by atoms with E-state index in [1.165, 1.54) is 19.3 Å². The van der Waals surface area contributed by atoms with Gasteiger partial charge in [0, 0.05) is 5.92 Å². The van der Waals surface area contributed by atoms with E-state index in [2.05, 4.69) is 36.3 Å². The standard InChI is InChI=1S/C12H19N5S/c1-4-13-12(2,3)10-16-17-9(8-6-5-7-8)14-15-11(17)18-10/h8,13H,4-7H2,1-3H3. The molecule has 6 heteroatoms. The van der Waals surface area contributed by atoms with Crippen LogP contribution in [0.25, 0.3) is 4.96 Å². The van der Waals surface area contributed by atoms with Crippen molar-refractivity contribution in [3.8, 4) is 0 Å². The van der Waals surface area contributed by atoms with Crippen molar-refractivity contribution in [3.63, 3.8) is 0 Å². The third kappa shape index (κ3) is 1.83. The number of rotatable bonds is 4. The quantitative estimate of drug-likeness (QED) is 0.921. The van der Waals surface area contributed by atoms with E-state index in [0.717, 1.165) is 22.3 Å². The normalized spacial score (nSPS) is 17.3.